The molecule has 0 aliphatic carbocycles. The smallest absolute Gasteiger partial charge is 0.141 e. The van der Waals surface area contributed by atoms with Gasteiger partial charge in [-0.1, -0.05) is 0 Å². The third kappa shape index (κ3) is 0.669. The van der Waals surface area contributed by atoms with Gasteiger partial charge in [-0.15, -0.1) is 0 Å². The zero-order valence-electron chi connectivity index (χ0n) is 4.79. The van der Waals surface area contributed by atoms with Crippen molar-refractivity contribution in [3.63, 3.8) is 0 Å². The second kappa shape index (κ2) is 1.72. The third-order valence-electron chi connectivity index (χ3n) is 1.24. The van der Waals surface area contributed by atoms with E-state index in [-0.39, 0.29) is 0 Å². The van der Waals surface area contributed by atoms with Crippen molar-refractivity contribution in [3.05, 3.63) is 30.4 Å². The molecule has 1 aromatic heterocycles. The molecule has 44 valence electrons. The summed E-state index contributed by atoms with van der Waals surface area (Å²) in [4.78, 5) is 4.02. The summed E-state index contributed by atoms with van der Waals surface area (Å²) in [5.74, 6) is 0.845. The van der Waals surface area contributed by atoms with Crippen molar-refractivity contribution in [2.75, 3.05) is 6.61 Å². The Labute approximate surface area is 53.5 Å². The summed E-state index contributed by atoms with van der Waals surface area (Å²) >= 11 is 0. The average molecular weight is 119 g/mol. The molecule has 2 nitrogen and oxygen atoms in total. The first kappa shape index (κ1) is 4.79. The average Bonchev–Trinajstić information content (AvgIpc) is 2.33. The molecule has 0 unspecified atom stereocenters. The summed E-state index contributed by atoms with van der Waals surface area (Å²) in [6.07, 6.45) is 4.70. The van der Waals surface area contributed by atoms with Gasteiger partial charge >= 0.3 is 0 Å². The minimum absolute atomic E-state index is 0.548. The number of rotatable bonds is 0. The van der Waals surface area contributed by atoms with Gasteiger partial charge in [0, 0.05) is 6.20 Å². The summed E-state index contributed by atoms with van der Waals surface area (Å²) in [6.45, 7) is 0.548. The van der Waals surface area contributed by atoms with E-state index >= 15 is 0 Å². The second-order valence-corrected chi connectivity index (χ2v) is 1.82. The Morgan fingerprint density at radius 3 is 3.56 bits per heavy atom. The van der Waals surface area contributed by atoms with Gasteiger partial charge in [0.15, 0.2) is 0 Å². The van der Waals surface area contributed by atoms with Crippen LogP contribution in [0.5, 0.6) is 5.75 Å². The van der Waals surface area contributed by atoms with Crippen molar-refractivity contribution in [2.24, 2.45) is 0 Å². The first-order valence-corrected chi connectivity index (χ1v) is 2.78. The fraction of sp³-hybridized carbons (Fsp3) is 0.143. The minimum atomic E-state index is 0.548. The molecule has 2 heterocycles. The van der Waals surface area contributed by atoms with Crippen LogP contribution in [0.2, 0.25) is 0 Å². The lowest BCUT2D eigenvalue weighted by Crippen LogP contribution is -1.83. The van der Waals surface area contributed by atoms with Gasteiger partial charge in [0.2, 0.25) is 0 Å². The van der Waals surface area contributed by atoms with Gasteiger partial charge in [-0.3, -0.25) is 4.98 Å². The van der Waals surface area contributed by atoms with Crippen molar-refractivity contribution in [2.45, 2.75) is 0 Å². The highest BCUT2D eigenvalue weighted by molar-refractivity contribution is 5.36. The van der Waals surface area contributed by atoms with E-state index < -0.39 is 0 Å². The molecule has 0 saturated heterocycles. The molecule has 0 aromatic carbocycles. The Morgan fingerprint density at radius 2 is 2.67 bits per heavy atom. The summed E-state index contributed by atoms with van der Waals surface area (Å²) in [5, 5.41) is 0. The van der Waals surface area contributed by atoms with Gasteiger partial charge in [-0.05, 0) is 12.1 Å². The maximum Gasteiger partial charge on any atom is 0.141 e. The topological polar surface area (TPSA) is 22.1 Å². The van der Waals surface area contributed by atoms with Gasteiger partial charge < -0.3 is 4.74 Å². The highest BCUT2D eigenvalue weighted by atomic mass is 16.5. The van der Waals surface area contributed by atoms with Crippen molar-refractivity contribution in [3.8, 4) is 5.75 Å². The first-order valence-electron chi connectivity index (χ1n) is 2.78. The van der Waals surface area contributed by atoms with Gasteiger partial charge in [0.05, 0.1) is 12.1 Å². The van der Waals surface area contributed by atoms with Crippen molar-refractivity contribution < 1.29 is 4.74 Å². The molecular formula is C7H5NO. The first-order chi connectivity index (χ1) is 4.47. The van der Waals surface area contributed by atoms with E-state index in [0.717, 1.165) is 11.4 Å². The highest BCUT2D eigenvalue weighted by Crippen LogP contribution is 2.22. The Kier molecular flexibility index (Phi) is 0.918. The number of pyridine rings is 1. The van der Waals surface area contributed by atoms with Crippen LogP contribution in [0, 0.1) is 6.42 Å². The van der Waals surface area contributed by atoms with Gasteiger partial charge in [0.1, 0.15) is 12.4 Å². The fourth-order valence-electron chi connectivity index (χ4n) is 0.822. The number of nitrogens with zero attached hydrogens (tertiary/aromatic N) is 1. The van der Waals surface area contributed by atoms with Crippen LogP contribution in [-0.4, -0.2) is 11.6 Å². The predicted octanol–water partition coefficient (Wildman–Crippen LogP) is 0.903. The summed E-state index contributed by atoms with van der Waals surface area (Å²) in [5.41, 5.74) is 0.845. The molecule has 2 radical (unpaired) electrons. The van der Waals surface area contributed by atoms with Crippen molar-refractivity contribution >= 4 is 0 Å². The number of hydrogen-bond acceptors (Lipinski definition) is 2. The molecule has 0 saturated carbocycles. The van der Waals surface area contributed by atoms with Crippen LogP contribution in [-0.2, 0) is 0 Å². The molecule has 0 amide bonds. The molecule has 2 heteroatoms. The molecule has 0 bridgehead atoms. The monoisotopic (exact) mass is 119 g/mol. The molecular weight excluding hydrogens is 114 g/mol. The molecule has 0 fully saturated rings. The number of fused-ring (bicyclic) bond motifs is 1. The largest absolute Gasteiger partial charge is 0.491 e. The second-order valence-electron chi connectivity index (χ2n) is 1.82. The minimum Gasteiger partial charge on any atom is -0.491 e. The van der Waals surface area contributed by atoms with Crippen molar-refractivity contribution in [1.82, 2.24) is 4.98 Å². The van der Waals surface area contributed by atoms with Gasteiger partial charge in [-0.25, -0.2) is 0 Å². The normalized spacial score (nSPS) is 14.7. The van der Waals surface area contributed by atoms with Crippen LogP contribution in [0.15, 0.2) is 18.3 Å². The molecule has 2 rings (SSSR count). The molecule has 0 N–H and O–H groups in total. The highest BCUT2D eigenvalue weighted by Gasteiger charge is 2.11. The number of hydrogen-bond donors (Lipinski definition) is 0. The van der Waals surface area contributed by atoms with Gasteiger partial charge in [0.25, 0.3) is 0 Å². The van der Waals surface area contributed by atoms with E-state index in [0.29, 0.717) is 6.61 Å². The lowest BCUT2D eigenvalue weighted by atomic mass is 10.3. The Morgan fingerprint density at radius 1 is 1.67 bits per heavy atom. The zero-order chi connectivity index (χ0) is 6.10. The van der Waals surface area contributed by atoms with E-state index in [1.165, 1.54) is 0 Å². The number of ether oxygens (including phenoxy) is 1. The van der Waals surface area contributed by atoms with Crippen LogP contribution in [0.1, 0.15) is 5.69 Å². The molecule has 1 aliphatic rings. The van der Waals surface area contributed by atoms with E-state index in [2.05, 4.69) is 11.4 Å². The maximum atomic E-state index is 5.12. The molecule has 1 aliphatic heterocycles. The molecule has 1 aromatic rings. The van der Waals surface area contributed by atoms with Crippen LogP contribution in [0.4, 0.5) is 0 Å². The lowest BCUT2D eigenvalue weighted by Gasteiger charge is -1.92. The Bertz CT molecular complexity index is 199. The quantitative estimate of drug-likeness (QED) is 0.506. The van der Waals surface area contributed by atoms with Crippen LogP contribution in [0.25, 0.3) is 0 Å². The fourth-order valence-corrected chi connectivity index (χ4v) is 0.822. The molecule has 0 spiro atoms. The Balaban J connectivity index is 2.54. The van der Waals surface area contributed by atoms with E-state index in [1.807, 2.05) is 12.1 Å². The Hall–Kier alpha value is -1.05. The summed E-state index contributed by atoms with van der Waals surface area (Å²) in [7, 11) is 0. The third-order valence-corrected chi connectivity index (χ3v) is 1.24. The van der Waals surface area contributed by atoms with Crippen LogP contribution < -0.4 is 4.74 Å². The standard InChI is InChI=1S/C7H5NO/c1-2-7-6(8-4-1)3-5-9-7/h1-2,4H,5H2. The van der Waals surface area contributed by atoms with Gasteiger partial charge in [-0.2, -0.15) is 0 Å². The lowest BCUT2D eigenvalue weighted by molar-refractivity contribution is 0.377. The molecule has 9 heavy (non-hydrogen) atoms. The summed E-state index contributed by atoms with van der Waals surface area (Å²) < 4.78 is 5.12. The molecule has 0 atom stereocenters. The van der Waals surface area contributed by atoms with Crippen LogP contribution >= 0.6 is 0 Å². The maximum absolute atomic E-state index is 5.12. The SMILES string of the molecule is [C]1COc2cccnc21. The van der Waals surface area contributed by atoms with E-state index in [1.54, 1.807) is 6.20 Å². The zero-order valence-corrected chi connectivity index (χ0v) is 4.79. The van der Waals surface area contributed by atoms with E-state index in [9.17, 15) is 0 Å². The van der Waals surface area contributed by atoms with Crippen LogP contribution in [0.3, 0.4) is 0 Å². The summed E-state index contributed by atoms with van der Waals surface area (Å²) in [6, 6.07) is 3.74. The predicted molar refractivity (Wildman–Crippen MR) is 32.1 cm³/mol. The van der Waals surface area contributed by atoms with Crippen molar-refractivity contribution in [1.29, 1.82) is 0 Å². The number of aromatic nitrogens is 1. The van der Waals surface area contributed by atoms with E-state index in [4.69, 9.17) is 4.74 Å².